The Morgan fingerprint density at radius 1 is 1.47 bits per heavy atom. The summed E-state index contributed by atoms with van der Waals surface area (Å²) in [6.45, 7) is 2.61. The normalized spacial score (nSPS) is 12.7. The van der Waals surface area contributed by atoms with Crippen LogP contribution in [0.5, 0.6) is 0 Å². The van der Waals surface area contributed by atoms with Gasteiger partial charge in [-0.2, -0.15) is 0 Å². The monoisotopic (exact) mass is 210 g/mol. The Kier molecular flexibility index (Phi) is 5.93. The van der Waals surface area contributed by atoms with E-state index in [9.17, 15) is 4.39 Å². The number of hydrogen-bond donors (Lipinski definition) is 1. The molecule has 1 aromatic rings. The van der Waals surface area contributed by atoms with E-state index in [1.165, 1.54) is 0 Å². The zero-order valence-electron chi connectivity index (χ0n) is 9.25. The summed E-state index contributed by atoms with van der Waals surface area (Å²) in [7, 11) is 0. The van der Waals surface area contributed by atoms with Gasteiger partial charge in [-0.05, 0) is 31.5 Å². The fraction of sp³-hybridized carbons (Fsp3) is 0.583. The Bertz CT molecular complexity index is 251. The van der Waals surface area contributed by atoms with Crippen LogP contribution in [0.2, 0.25) is 0 Å². The second-order valence-electron chi connectivity index (χ2n) is 3.59. The van der Waals surface area contributed by atoms with Crippen LogP contribution in [-0.2, 0) is 0 Å². The van der Waals surface area contributed by atoms with Gasteiger partial charge in [-0.25, -0.2) is 0 Å². The molecule has 1 aromatic heterocycles. The van der Waals surface area contributed by atoms with Gasteiger partial charge in [0.05, 0.1) is 12.4 Å². The third-order valence-electron chi connectivity index (χ3n) is 2.32. The number of nitrogens with one attached hydrogen (secondary N) is 1. The SMILES string of the molecule is CCCC(NCCCF)c1ccccn1. The van der Waals surface area contributed by atoms with Crippen LogP contribution < -0.4 is 5.32 Å². The standard InChI is InChI=1S/C12H19FN2/c1-2-6-11(15-10-5-8-13)12-7-3-4-9-14-12/h3-4,7,9,11,15H,2,5-6,8,10H2,1H3. The van der Waals surface area contributed by atoms with Crippen molar-refractivity contribution in [3.8, 4) is 0 Å². The van der Waals surface area contributed by atoms with Gasteiger partial charge in [0, 0.05) is 12.2 Å². The molecule has 1 unspecified atom stereocenters. The first-order chi connectivity index (χ1) is 7.38. The molecule has 0 saturated carbocycles. The molecule has 1 N–H and O–H groups in total. The van der Waals surface area contributed by atoms with Crippen molar-refractivity contribution >= 4 is 0 Å². The molecule has 0 spiro atoms. The molecule has 0 aliphatic heterocycles. The quantitative estimate of drug-likeness (QED) is 0.700. The van der Waals surface area contributed by atoms with Gasteiger partial charge in [-0.3, -0.25) is 9.37 Å². The van der Waals surface area contributed by atoms with Crippen molar-refractivity contribution in [3.63, 3.8) is 0 Å². The molecule has 3 heteroatoms. The van der Waals surface area contributed by atoms with E-state index in [1.54, 1.807) is 6.20 Å². The van der Waals surface area contributed by atoms with Crippen LogP contribution >= 0.6 is 0 Å². The summed E-state index contributed by atoms with van der Waals surface area (Å²) in [6, 6.07) is 6.18. The van der Waals surface area contributed by atoms with Gasteiger partial charge in [0.2, 0.25) is 0 Å². The molecular weight excluding hydrogens is 191 g/mol. The van der Waals surface area contributed by atoms with Gasteiger partial charge in [0.1, 0.15) is 0 Å². The van der Waals surface area contributed by atoms with E-state index in [0.29, 0.717) is 6.42 Å². The maximum absolute atomic E-state index is 12.0. The number of pyridine rings is 1. The lowest BCUT2D eigenvalue weighted by atomic mass is 10.1. The zero-order chi connectivity index (χ0) is 10.9. The van der Waals surface area contributed by atoms with Crippen molar-refractivity contribution in [1.82, 2.24) is 10.3 Å². The van der Waals surface area contributed by atoms with Crippen molar-refractivity contribution in [2.75, 3.05) is 13.2 Å². The maximum Gasteiger partial charge on any atom is 0.0906 e. The number of nitrogens with zero attached hydrogens (tertiary/aromatic N) is 1. The first-order valence-corrected chi connectivity index (χ1v) is 5.58. The summed E-state index contributed by atoms with van der Waals surface area (Å²) < 4.78 is 12.0. The molecule has 1 atom stereocenters. The van der Waals surface area contributed by atoms with Crippen LogP contribution in [0.1, 0.15) is 37.9 Å². The molecule has 0 amide bonds. The molecule has 1 heterocycles. The summed E-state index contributed by atoms with van der Waals surface area (Å²) >= 11 is 0. The average Bonchev–Trinajstić information content (AvgIpc) is 2.29. The van der Waals surface area contributed by atoms with Crippen molar-refractivity contribution in [1.29, 1.82) is 0 Å². The predicted molar refractivity (Wildman–Crippen MR) is 60.5 cm³/mol. The largest absolute Gasteiger partial charge is 0.309 e. The minimum atomic E-state index is -0.256. The third-order valence-corrected chi connectivity index (χ3v) is 2.32. The highest BCUT2D eigenvalue weighted by atomic mass is 19.1. The Morgan fingerprint density at radius 2 is 2.33 bits per heavy atom. The van der Waals surface area contributed by atoms with E-state index in [0.717, 1.165) is 25.1 Å². The Labute approximate surface area is 90.9 Å². The Morgan fingerprint density at radius 3 is 2.93 bits per heavy atom. The van der Waals surface area contributed by atoms with E-state index in [1.807, 2.05) is 18.2 Å². The van der Waals surface area contributed by atoms with Gasteiger partial charge in [-0.15, -0.1) is 0 Å². The molecule has 0 fully saturated rings. The number of alkyl halides is 1. The van der Waals surface area contributed by atoms with E-state index in [2.05, 4.69) is 17.2 Å². The van der Waals surface area contributed by atoms with Gasteiger partial charge in [-0.1, -0.05) is 19.4 Å². The molecule has 1 rings (SSSR count). The summed E-state index contributed by atoms with van der Waals surface area (Å²) in [5.41, 5.74) is 1.05. The van der Waals surface area contributed by atoms with Crippen LogP contribution in [0.4, 0.5) is 4.39 Å². The smallest absolute Gasteiger partial charge is 0.0906 e. The first-order valence-electron chi connectivity index (χ1n) is 5.58. The minimum Gasteiger partial charge on any atom is -0.309 e. The molecule has 0 aromatic carbocycles. The van der Waals surface area contributed by atoms with Crippen molar-refractivity contribution < 1.29 is 4.39 Å². The zero-order valence-corrected chi connectivity index (χ0v) is 9.25. The highest BCUT2D eigenvalue weighted by Gasteiger charge is 2.09. The van der Waals surface area contributed by atoms with E-state index < -0.39 is 0 Å². The van der Waals surface area contributed by atoms with E-state index in [-0.39, 0.29) is 12.7 Å². The summed E-state index contributed by atoms with van der Waals surface area (Å²) in [5.74, 6) is 0. The second kappa shape index (κ2) is 7.35. The molecule has 0 aliphatic carbocycles. The fourth-order valence-electron chi connectivity index (χ4n) is 1.57. The minimum absolute atomic E-state index is 0.256. The summed E-state index contributed by atoms with van der Waals surface area (Å²) in [6.07, 6.45) is 4.52. The molecule has 15 heavy (non-hydrogen) atoms. The molecule has 0 aliphatic rings. The maximum atomic E-state index is 12.0. The highest BCUT2D eigenvalue weighted by Crippen LogP contribution is 2.15. The fourth-order valence-corrected chi connectivity index (χ4v) is 1.57. The van der Waals surface area contributed by atoms with Crippen LogP contribution in [-0.4, -0.2) is 18.2 Å². The van der Waals surface area contributed by atoms with Crippen LogP contribution in [0.15, 0.2) is 24.4 Å². The molecule has 84 valence electrons. The lowest BCUT2D eigenvalue weighted by Gasteiger charge is -2.16. The highest BCUT2D eigenvalue weighted by molar-refractivity contribution is 5.08. The topological polar surface area (TPSA) is 24.9 Å². The second-order valence-corrected chi connectivity index (χ2v) is 3.59. The summed E-state index contributed by atoms with van der Waals surface area (Å²) in [5, 5.41) is 3.34. The number of rotatable bonds is 7. The molecule has 0 radical (unpaired) electrons. The van der Waals surface area contributed by atoms with Crippen molar-refractivity contribution in [2.45, 2.75) is 32.2 Å². The predicted octanol–water partition coefficient (Wildman–Crippen LogP) is 2.87. The Balaban J connectivity index is 2.50. The van der Waals surface area contributed by atoms with Gasteiger partial charge < -0.3 is 5.32 Å². The molecule has 0 bridgehead atoms. The Hall–Kier alpha value is -0.960. The van der Waals surface area contributed by atoms with Crippen LogP contribution in [0.3, 0.4) is 0 Å². The van der Waals surface area contributed by atoms with Gasteiger partial charge in [0.15, 0.2) is 0 Å². The third kappa shape index (κ3) is 4.38. The number of halogens is 1. The molecule has 2 nitrogen and oxygen atoms in total. The lowest BCUT2D eigenvalue weighted by Crippen LogP contribution is -2.23. The molecule has 0 saturated heterocycles. The van der Waals surface area contributed by atoms with E-state index >= 15 is 0 Å². The van der Waals surface area contributed by atoms with Gasteiger partial charge >= 0.3 is 0 Å². The van der Waals surface area contributed by atoms with Crippen molar-refractivity contribution in [3.05, 3.63) is 30.1 Å². The summed E-state index contributed by atoms with van der Waals surface area (Å²) in [4.78, 5) is 4.32. The van der Waals surface area contributed by atoms with Gasteiger partial charge in [0.25, 0.3) is 0 Å². The molecular formula is C12H19FN2. The van der Waals surface area contributed by atoms with Crippen molar-refractivity contribution in [2.24, 2.45) is 0 Å². The number of hydrogen-bond acceptors (Lipinski definition) is 2. The lowest BCUT2D eigenvalue weighted by molar-refractivity contribution is 0.425. The number of aromatic nitrogens is 1. The first kappa shape index (κ1) is 12.1. The van der Waals surface area contributed by atoms with Crippen LogP contribution in [0, 0.1) is 0 Å². The van der Waals surface area contributed by atoms with Crippen LogP contribution in [0.25, 0.3) is 0 Å². The average molecular weight is 210 g/mol. The van der Waals surface area contributed by atoms with E-state index in [4.69, 9.17) is 0 Å².